The van der Waals surface area contributed by atoms with Gasteiger partial charge in [0, 0.05) is 18.2 Å². The Hall–Kier alpha value is -5.03. The molecule has 0 aromatic heterocycles. The number of urea groups is 1. The summed E-state index contributed by atoms with van der Waals surface area (Å²) in [5.41, 5.74) is -1.90. The van der Waals surface area contributed by atoms with Gasteiger partial charge in [0.05, 0.1) is 35.5 Å². The molecule has 4 rings (SSSR count). The van der Waals surface area contributed by atoms with E-state index in [2.05, 4.69) is 31.9 Å². The molecule has 40 heavy (non-hydrogen) atoms. The van der Waals surface area contributed by atoms with Crippen molar-refractivity contribution < 1.29 is 33.9 Å². The summed E-state index contributed by atoms with van der Waals surface area (Å²) < 4.78 is 6.05. The molecule has 1 aliphatic heterocycles. The molecule has 0 radical (unpaired) electrons. The molecule has 0 atom stereocenters. The number of amides is 4. The summed E-state index contributed by atoms with van der Waals surface area (Å²) in [5.74, 6) is -2.31. The van der Waals surface area contributed by atoms with Crippen molar-refractivity contribution >= 4 is 78.5 Å². The van der Waals surface area contributed by atoms with Crippen LogP contribution >= 0.6 is 31.9 Å². The summed E-state index contributed by atoms with van der Waals surface area (Å²) in [6, 6.07) is 9.28. The van der Waals surface area contributed by atoms with Crippen LogP contribution in [0.25, 0.3) is 6.08 Å². The van der Waals surface area contributed by atoms with E-state index in [1.54, 1.807) is 0 Å². The second-order valence-corrected chi connectivity index (χ2v) is 9.53. The molecule has 0 aliphatic carbocycles. The highest BCUT2D eigenvalue weighted by molar-refractivity contribution is 9.11. The first-order valence-corrected chi connectivity index (χ1v) is 12.2. The van der Waals surface area contributed by atoms with Crippen LogP contribution in [0, 0.1) is 30.3 Å². The van der Waals surface area contributed by atoms with E-state index in [4.69, 9.17) is 4.74 Å². The van der Waals surface area contributed by atoms with E-state index in [-0.39, 0.29) is 37.4 Å². The monoisotopic (exact) mass is 675 g/mol. The van der Waals surface area contributed by atoms with Crippen molar-refractivity contribution in [3.05, 3.63) is 105 Å². The molecule has 0 spiro atoms. The van der Waals surface area contributed by atoms with Crippen LogP contribution in [0.2, 0.25) is 0 Å². The van der Waals surface area contributed by atoms with Gasteiger partial charge in [0.25, 0.3) is 23.2 Å². The third-order valence-electron chi connectivity index (χ3n) is 5.29. The Balaban J connectivity index is 1.69. The fraction of sp³-hybridized carbons (Fsp3) is 0. The quantitative estimate of drug-likeness (QED) is 0.146. The van der Waals surface area contributed by atoms with Crippen molar-refractivity contribution in [3.8, 4) is 11.5 Å². The Kier molecular flexibility index (Phi) is 7.69. The van der Waals surface area contributed by atoms with Crippen molar-refractivity contribution in [2.45, 2.75) is 0 Å². The highest BCUT2D eigenvalue weighted by Gasteiger charge is 2.37. The molecule has 0 saturated carbocycles. The van der Waals surface area contributed by atoms with Crippen LogP contribution in [0.4, 0.5) is 27.5 Å². The van der Waals surface area contributed by atoms with Crippen LogP contribution in [-0.4, -0.2) is 32.6 Å². The maximum Gasteiger partial charge on any atom is 0.335 e. The minimum atomic E-state index is -1.09. The van der Waals surface area contributed by atoms with Crippen LogP contribution in [0.15, 0.2) is 69.1 Å². The van der Waals surface area contributed by atoms with Crippen molar-refractivity contribution in [1.29, 1.82) is 0 Å². The lowest BCUT2D eigenvalue weighted by atomic mass is 10.1. The summed E-state index contributed by atoms with van der Waals surface area (Å²) in [6.45, 7) is 0. The molecule has 0 unspecified atom stereocenters. The number of rotatable bonds is 7. The Labute approximate surface area is 238 Å². The molecule has 3 aromatic carbocycles. The van der Waals surface area contributed by atoms with Gasteiger partial charge in [0.1, 0.15) is 5.57 Å². The predicted octanol–water partition coefficient (Wildman–Crippen LogP) is 5.39. The minimum Gasteiger partial charge on any atom is -0.448 e. The second kappa shape index (κ2) is 11.0. The number of non-ortho nitro benzene ring substituents is 2. The van der Waals surface area contributed by atoms with E-state index in [1.165, 1.54) is 30.3 Å². The molecule has 1 aliphatic rings. The zero-order valence-corrected chi connectivity index (χ0v) is 22.6. The number of nitro groups is 3. The highest BCUT2D eigenvalue weighted by Crippen LogP contribution is 2.42. The Morgan fingerprint density at radius 1 is 0.825 bits per heavy atom. The molecule has 1 heterocycles. The fourth-order valence-corrected chi connectivity index (χ4v) is 4.91. The lowest BCUT2D eigenvalue weighted by Gasteiger charge is -2.26. The number of carbonyl (C=O) groups is 3. The minimum absolute atomic E-state index is 0.0342. The average Bonchev–Trinajstić information content (AvgIpc) is 2.88. The standard InChI is InChI=1S/C23H11Br2N5O10/c24-16-7-11(8-17(25)20(16)40-19-5-4-14(29(36)37)10-18(19)30(38)39)6-15-21(31)26-23(33)27(22(15)32)12-2-1-3-13(9-12)28(34)35/h1-10H,(H,26,31,33)/b15-6+. The molecule has 3 aromatic rings. The number of anilines is 1. The largest absolute Gasteiger partial charge is 0.448 e. The van der Waals surface area contributed by atoms with Crippen LogP contribution in [0.3, 0.4) is 0 Å². The number of nitrogens with zero attached hydrogens (tertiary/aromatic N) is 4. The zero-order valence-electron chi connectivity index (χ0n) is 19.4. The van der Waals surface area contributed by atoms with E-state index in [9.17, 15) is 44.7 Å². The number of ether oxygens (including phenoxy) is 1. The fourth-order valence-electron chi connectivity index (χ4n) is 3.52. The smallest absolute Gasteiger partial charge is 0.335 e. The molecule has 1 fully saturated rings. The summed E-state index contributed by atoms with van der Waals surface area (Å²) in [4.78, 5) is 69.8. The molecule has 1 N–H and O–H groups in total. The maximum atomic E-state index is 13.1. The predicted molar refractivity (Wildman–Crippen MR) is 144 cm³/mol. The summed E-state index contributed by atoms with van der Waals surface area (Å²) in [7, 11) is 0. The summed E-state index contributed by atoms with van der Waals surface area (Å²) >= 11 is 6.51. The van der Waals surface area contributed by atoms with Gasteiger partial charge in [-0.15, -0.1) is 0 Å². The molecule has 15 nitrogen and oxygen atoms in total. The first kappa shape index (κ1) is 28.0. The van der Waals surface area contributed by atoms with Crippen molar-refractivity contribution in [3.63, 3.8) is 0 Å². The zero-order chi connectivity index (χ0) is 29.3. The van der Waals surface area contributed by atoms with Gasteiger partial charge >= 0.3 is 11.7 Å². The van der Waals surface area contributed by atoms with Crippen LogP contribution in [-0.2, 0) is 9.59 Å². The number of nitro benzene ring substituents is 3. The number of benzene rings is 3. The first-order valence-electron chi connectivity index (χ1n) is 10.6. The van der Waals surface area contributed by atoms with Gasteiger partial charge in [-0.25, -0.2) is 9.69 Å². The number of imide groups is 2. The number of halogens is 2. The number of hydrogen-bond donors (Lipinski definition) is 1. The molecular weight excluding hydrogens is 666 g/mol. The van der Waals surface area contributed by atoms with Gasteiger partial charge in [-0.3, -0.25) is 45.2 Å². The summed E-state index contributed by atoms with van der Waals surface area (Å²) in [6.07, 6.45) is 1.15. The Morgan fingerprint density at radius 2 is 1.45 bits per heavy atom. The van der Waals surface area contributed by atoms with E-state index in [0.717, 1.165) is 30.3 Å². The van der Waals surface area contributed by atoms with Gasteiger partial charge in [0.2, 0.25) is 5.75 Å². The Bertz CT molecular complexity index is 1670. The second-order valence-electron chi connectivity index (χ2n) is 7.82. The van der Waals surface area contributed by atoms with Gasteiger partial charge in [0.15, 0.2) is 5.75 Å². The molecule has 4 amide bonds. The number of barbiturate groups is 1. The van der Waals surface area contributed by atoms with Gasteiger partial charge in [-0.1, -0.05) is 6.07 Å². The van der Waals surface area contributed by atoms with Crippen molar-refractivity contribution in [2.24, 2.45) is 0 Å². The van der Waals surface area contributed by atoms with E-state index >= 15 is 0 Å². The van der Waals surface area contributed by atoms with Crippen molar-refractivity contribution in [1.82, 2.24) is 5.32 Å². The topological polar surface area (TPSA) is 205 Å². The molecule has 0 bridgehead atoms. The van der Waals surface area contributed by atoms with E-state index < -0.39 is 49.6 Å². The lowest BCUT2D eigenvalue weighted by Crippen LogP contribution is -2.54. The van der Waals surface area contributed by atoms with Gasteiger partial charge in [-0.05, 0) is 67.8 Å². The molecule has 17 heteroatoms. The lowest BCUT2D eigenvalue weighted by molar-refractivity contribution is -0.394. The van der Waals surface area contributed by atoms with Gasteiger partial charge < -0.3 is 4.74 Å². The Morgan fingerprint density at radius 3 is 2.05 bits per heavy atom. The van der Waals surface area contributed by atoms with E-state index in [0.29, 0.717) is 4.90 Å². The van der Waals surface area contributed by atoms with Crippen LogP contribution in [0.5, 0.6) is 11.5 Å². The normalized spacial score (nSPS) is 14.2. The number of nitrogens with one attached hydrogen (secondary N) is 1. The SMILES string of the molecule is O=C1NC(=O)N(c2cccc([N+](=O)[O-])c2)C(=O)/C1=C/c1cc(Br)c(Oc2ccc([N+](=O)[O-])cc2[N+](=O)[O-])c(Br)c1. The maximum absolute atomic E-state index is 13.1. The highest BCUT2D eigenvalue weighted by atomic mass is 79.9. The third-order valence-corrected chi connectivity index (χ3v) is 6.47. The first-order chi connectivity index (χ1) is 18.9. The van der Waals surface area contributed by atoms with E-state index in [1.807, 2.05) is 5.32 Å². The molecule has 1 saturated heterocycles. The van der Waals surface area contributed by atoms with Crippen LogP contribution in [0.1, 0.15) is 5.56 Å². The number of carbonyl (C=O) groups excluding carboxylic acids is 3. The van der Waals surface area contributed by atoms with Crippen molar-refractivity contribution in [2.75, 3.05) is 4.90 Å². The molecule has 202 valence electrons. The third kappa shape index (κ3) is 5.54. The number of hydrogen-bond acceptors (Lipinski definition) is 10. The average molecular weight is 677 g/mol. The molecular formula is C23H11Br2N5O10. The van der Waals surface area contributed by atoms with Crippen LogP contribution < -0.4 is 15.0 Å². The van der Waals surface area contributed by atoms with Gasteiger partial charge in [-0.2, -0.15) is 0 Å². The summed E-state index contributed by atoms with van der Waals surface area (Å²) in [5, 5.41) is 35.5.